The van der Waals surface area contributed by atoms with Crippen LogP contribution in [0.2, 0.25) is 0 Å². The largest absolute Gasteiger partial charge is 0.462 e. The third-order valence-electron chi connectivity index (χ3n) is 10.3. The highest BCUT2D eigenvalue weighted by molar-refractivity contribution is 5.93. The van der Waals surface area contributed by atoms with E-state index in [0.717, 1.165) is 6.42 Å². The molecule has 4 saturated carbocycles. The number of carbonyl (C=O) groups is 5. The normalized spacial score (nSPS) is 45.9. The third kappa shape index (κ3) is 3.44. The van der Waals surface area contributed by atoms with E-state index in [0.29, 0.717) is 12.8 Å². The second-order valence-corrected chi connectivity index (χ2v) is 12.6. The van der Waals surface area contributed by atoms with Crippen molar-refractivity contribution >= 4 is 29.7 Å². The minimum absolute atomic E-state index is 0.109. The zero-order chi connectivity index (χ0) is 27.9. The van der Waals surface area contributed by atoms with Crippen molar-refractivity contribution in [2.75, 3.05) is 0 Å². The quantitative estimate of drug-likeness (QED) is 0.392. The lowest BCUT2D eigenvalue weighted by molar-refractivity contribution is -0.410. The van der Waals surface area contributed by atoms with E-state index in [9.17, 15) is 24.0 Å². The van der Waals surface area contributed by atoms with Gasteiger partial charge in [0, 0.05) is 45.4 Å². The number of Topliss-reactive ketones (excluding diaryl/α,β-unsaturated/α-hetero) is 1. The van der Waals surface area contributed by atoms with Crippen molar-refractivity contribution in [2.24, 2.45) is 39.9 Å². The summed E-state index contributed by atoms with van der Waals surface area (Å²) in [5, 5.41) is 0. The van der Waals surface area contributed by atoms with Gasteiger partial charge in [-0.1, -0.05) is 20.8 Å². The summed E-state index contributed by atoms with van der Waals surface area (Å²) in [5.74, 6) is -4.03. The molecule has 0 aromatic rings. The molecule has 11 atom stereocenters. The highest BCUT2D eigenvalue weighted by atomic mass is 16.7. The summed E-state index contributed by atoms with van der Waals surface area (Å²) in [5.41, 5.74) is -2.86. The van der Waals surface area contributed by atoms with Crippen molar-refractivity contribution in [2.45, 2.75) is 105 Å². The van der Waals surface area contributed by atoms with Gasteiger partial charge in [-0.25, -0.2) is 0 Å². The van der Waals surface area contributed by atoms with Crippen LogP contribution in [0, 0.1) is 39.9 Å². The maximum atomic E-state index is 14.4. The summed E-state index contributed by atoms with van der Waals surface area (Å²) in [6, 6.07) is 0. The Morgan fingerprint density at radius 1 is 0.868 bits per heavy atom. The molecule has 2 heterocycles. The molecule has 4 bridgehead atoms. The van der Waals surface area contributed by atoms with Crippen LogP contribution in [0.4, 0.5) is 0 Å². The average molecular weight is 535 g/mol. The average Bonchev–Trinajstić information content (AvgIpc) is 2.90. The highest BCUT2D eigenvalue weighted by Gasteiger charge is 2.86. The van der Waals surface area contributed by atoms with Crippen molar-refractivity contribution in [3.63, 3.8) is 0 Å². The van der Waals surface area contributed by atoms with Gasteiger partial charge in [0.05, 0.1) is 16.9 Å². The van der Waals surface area contributed by atoms with E-state index in [4.69, 9.17) is 23.7 Å². The van der Waals surface area contributed by atoms with Gasteiger partial charge in [0.15, 0.2) is 0 Å². The second kappa shape index (κ2) is 8.76. The maximum absolute atomic E-state index is 14.4. The second-order valence-electron chi connectivity index (χ2n) is 12.6. The van der Waals surface area contributed by atoms with Crippen LogP contribution in [0.1, 0.15) is 74.1 Å². The molecule has 11 unspecified atom stereocenters. The molecule has 0 aromatic carbocycles. The molecule has 0 amide bonds. The van der Waals surface area contributed by atoms with Crippen LogP contribution in [0.25, 0.3) is 0 Å². The van der Waals surface area contributed by atoms with Gasteiger partial charge in [-0.05, 0) is 37.0 Å². The van der Waals surface area contributed by atoms with E-state index >= 15 is 0 Å². The molecule has 0 radical (unpaired) electrons. The Hall–Kier alpha value is -2.49. The number of carbonyl (C=O) groups excluding carboxylic acids is 5. The van der Waals surface area contributed by atoms with Gasteiger partial charge in [0.1, 0.15) is 24.1 Å². The molecule has 2 saturated heterocycles. The summed E-state index contributed by atoms with van der Waals surface area (Å²) in [7, 11) is 0. The fourth-order valence-electron chi connectivity index (χ4n) is 9.40. The first kappa shape index (κ1) is 27.1. The van der Waals surface area contributed by atoms with Crippen molar-refractivity contribution < 1.29 is 47.7 Å². The van der Waals surface area contributed by atoms with Gasteiger partial charge in [-0.3, -0.25) is 24.0 Å². The third-order valence-corrected chi connectivity index (χ3v) is 10.3. The van der Waals surface area contributed by atoms with E-state index in [1.807, 2.05) is 6.92 Å². The first-order valence-electron chi connectivity index (χ1n) is 13.6. The van der Waals surface area contributed by atoms with E-state index < -0.39 is 77.2 Å². The Morgan fingerprint density at radius 2 is 1.47 bits per heavy atom. The molecule has 210 valence electrons. The molecule has 0 N–H and O–H groups in total. The molecule has 6 aliphatic rings. The van der Waals surface area contributed by atoms with Gasteiger partial charge in [0.2, 0.25) is 6.29 Å². The fraction of sp³-hybridized carbons (Fsp3) is 0.821. The molecule has 0 aromatic heterocycles. The predicted molar refractivity (Wildman–Crippen MR) is 129 cm³/mol. The standard InChI is InChI=1S/C28H38O10/c1-12-17-10-18(34-13(2)29)22-27-19(26(6,7)9-8-20(27)35-14(3)30)11-21(38-25(27)37-16(5)32)28(22,23(12)33)24(17)36-15(4)31/h12,17-22,24-25H,8-11H2,1-7H3. The summed E-state index contributed by atoms with van der Waals surface area (Å²) < 4.78 is 30.3. The molecular formula is C28H38O10. The number of esters is 4. The smallest absolute Gasteiger partial charge is 0.304 e. The van der Waals surface area contributed by atoms with E-state index in [2.05, 4.69) is 13.8 Å². The lowest BCUT2D eigenvalue weighted by atomic mass is 9.36. The van der Waals surface area contributed by atoms with Crippen LogP contribution in [0.3, 0.4) is 0 Å². The Labute approximate surface area is 222 Å². The summed E-state index contributed by atoms with van der Waals surface area (Å²) in [6.07, 6.45) is -2.33. The lowest BCUT2D eigenvalue weighted by Crippen LogP contribution is -2.81. The van der Waals surface area contributed by atoms with Gasteiger partial charge >= 0.3 is 23.9 Å². The summed E-state index contributed by atoms with van der Waals surface area (Å²) in [4.78, 5) is 64.1. The number of hydrogen-bond acceptors (Lipinski definition) is 10. The number of ether oxygens (including phenoxy) is 5. The number of hydrogen-bond donors (Lipinski definition) is 0. The molecule has 10 heteroatoms. The number of fused-ring (bicyclic) bond motifs is 2. The summed E-state index contributed by atoms with van der Waals surface area (Å²) in [6.45, 7) is 11.3. The SMILES string of the molecule is CC(=O)OC1CC2C(C)C(=O)C3(C4CC5C(C)(C)CCC(OC(C)=O)C5(C(OC(C)=O)O4)C13)C2OC(C)=O. The zero-order valence-corrected chi connectivity index (χ0v) is 23.1. The predicted octanol–water partition coefficient (Wildman–Crippen LogP) is 2.74. The van der Waals surface area contributed by atoms with Crippen molar-refractivity contribution in [1.29, 1.82) is 0 Å². The van der Waals surface area contributed by atoms with E-state index in [-0.39, 0.29) is 29.5 Å². The van der Waals surface area contributed by atoms with Crippen molar-refractivity contribution in [3.8, 4) is 0 Å². The Bertz CT molecular complexity index is 1060. The Balaban J connectivity index is 1.83. The van der Waals surface area contributed by atoms with Crippen LogP contribution >= 0.6 is 0 Å². The van der Waals surface area contributed by atoms with Crippen LogP contribution < -0.4 is 0 Å². The van der Waals surface area contributed by atoms with Gasteiger partial charge in [0.25, 0.3) is 0 Å². The first-order valence-corrected chi connectivity index (χ1v) is 13.6. The van der Waals surface area contributed by atoms with Crippen molar-refractivity contribution in [3.05, 3.63) is 0 Å². The Morgan fingerprint density at radius 3 is 2.05 bits per heavy atom. The van der Waals surface area contributed by atoms with Crippen LogP contribution in [0.15, 0.2) is 0 Å². The molecule has 10 nitrogen and oxygen atoms in total. The Kier molecular flexibility index (Phi) is 6.25. The maximum Gasteiger partial charge on any atom is 0.304 e. The minimum atomic E-state index is -1.34. The topological polar surface area (TPSA) is 132 Å². The molecule has 6 fully saturated rings. The zero-order valence-electron chi connectivity index (χ0n) is 23.1. The monoisotopic (exact) mass is 534 g/mol. The molecule has 2 spiro atoms. The van der Waals surface area contributed by atoms with Gasteiger partial charge < -0.3 is 23.7 Å². The van der Waals surface area contributed by atoms with E-state index in [1.165, 1.54) is 27.7 Å². The van der Waals surface area contributed by atoms with E-state index in [1.54, 1.807) is 0 Å². The van der Waals surface area contributed by atoms with Gasteiger partial charge in [-0.15, -0.1) is 0 Å². The number of ketones is 1. The lowest BCUT2D eigenvalue weighted by Gasteiger charge is -2.73. The summed E-state index contributed by atoms with van der Waals surface area (Å²) >= 11 is 0. The van der Waals surface area contributed by atoms with Crippen molar-refractivity contribution in [1.82, 2.24) is 0 Å². The molecule has 6 rings (SSSR count). The fourth-order valence-corrected chi connectivity index (χ4v) is 9.40. The molecule has 4 aliphatic carbocycles. The highest BCUT2D eigenvalue weighted by Crippen LogP contribution is 2.76. The molecular weight excluding hydrogens is 496 g/mol. The van der Waals surface area contributed by atoms with Gasteiger partial charge in [-0.2, -0.15) is 0 Å². The van der Waals surface area contributed by atoms with Crippen LogP contribution in [-0.2, 0) is 47.7 Å². The molecule has 38 heavy (non-hydrogen) atoms. The first-order chi connectivity index (χ1) is 17.7. The number of rotatable bonds is 4. The van der Waals surface area contributed by atoms with Crippen LogP contribution in [0.5, 0.6) is 0 Å². The van der Waals surface area contributed by atoms with Crippen LogP contribution in [-0.4, -0.2) is 60.4 Å². The molecule has 2 aliphatic heterocycles. The minimum Gasteiger partial charge on any atom is -0.462 e.